The Hall–Kier alpha value is -1.22. The summed E-state index contributed by atoms with van der Waals surface area (Å²) in [5, 5.41) is 3.65. The Morgan fingerprint density at radius 2 is 1.83 bits per heavy atom. The van der Waals surface area contributed by atoms with E-state index in [1.54, 1.807) is 0 Å². The van der Waals surface area contributed by atoms with Crippen molar-refractivity contribution in [3.8, 4) is 0 Å². The standard InChI is InChI=1S/C16H22ClN5O.HI/c17-12-1-5-14(6-2-12)21-7-9-22(10-8-21)16(18)19-11-15(23)20-13-3-4-13;/h1-2,5-6,13H,3-4,7-11H2,(H2,18,19)(H,20,23);1H. The monoisotopic (exact) mass is 463 g/mol. The van der Waals surface area contributed by atoms with Crippen LogP contribution in [0.5, 0.6) is 0 Å². The van der Waals surface area contributed by atoms with Crippen LogP contribution < -0.4 is 16.0 Å². The quantitative estimate of drug-likeness (QED) is 0.405. The van der Waals surface area contributed by atoms with E-state index in [0.717, 1.165) is 49.7 Å². The lowest BCUT2D eigenvalue weighted by Crippen LogP contribution is -2.51. The summed E-state index contributed by atoms with van der Waals surface area (Å²) in [6.07, 6.45) is 2.16. The lowest BCUT2D eigenvalue weighted by atomic mass is 10.2. The van der Waals surface area contributed by atoms with Crippen LogP contribution >= 0.6 is 35.6 Å². The molecule has 1 saturated carbocycles. The number of amides is 1. The van der Waals surface area contributed by atoms with Crippen LogP contribution in [0.2, 0.25) is 5.02 Å². The highest BCUT2D eigenvalue weighted by molar-refractivity contribution is 14.0. The number of halogens is 2. The molecule has 1 aliphatic carbocycles. The Balaban J connectivity index is 0.00000208. The maximum Gasteiger partial charge on any atom is 0.242 e. The van der Waals surface area contributed by atoms with Crippen LogP contribution in [0.3, 0.4) is 0 Å². The second kappa shape index (κ2) is 8.75. The molecule has 0 radical (unpaired) electrons. The van der Waals surface area contributed by atoms with E-state index in [1.165, 1.54) is 0 Å². The zero-order chi connectivity index (χ0) is 16.2. The molecule has 0 atom stereocenters. The van der Waals surface area contributed by atoms with E-state index in [1.807, 2.05) is 29.2 Å². The van der Waals surface area contributed by atoms with E-state index in [2.05, 4.69) is 15.2 Å². The Kier molecular flexibility index (Phi) is 6.97. The van der Waals surface area contributed by atoms with Gasteiger partial charge in [0.25, 0.3) is 0 Å². The van der Waals surface area contributed by atoms with E-state index in [9.17, 15) is 4.79 Å². The van der Waals surface area contributed by atoms with Crippen LogP contribution in [0.25, 0.3) is 0 Å². The summed E-state index contributed by atoms with van der Waals surface area (Å²) in [7, 11) is 0. The minimum Gasteiger partial charge on any atom is -0.370 e. The molecule has 3 rings (SSSR count). The number of nitrogens with two attached hydrogens (primary N) is 1. The second-order valence-corrected chi connectivity index (χ2v) is 6.40. The normalized spacial score (nSPS) is 18.1. The topological polar surface area (TPSA) is 74.0 Å². The molecule has 1 aliphatic heterocycles. The minimum absolute atomic E-state index is 0. The molecule has 2 aliphatic rings. The number of benzene rings is 1. The van der Waals surface area contributed by atoms with Crippen molar-refractivity contribution in [3.05, 3.63) is 29.3 Å². The predicted octanol–water partition coefficient (Wildman–Crippen LogP) is 1.67. The summed E-state index contributed by atoms with van der Waals surface area (Å²) < 4.78 is 0. The molecular weight excluding hydrogens is 441 g/mol. The molecule has 1 heterocycles. The largest absolute Gasteiger partial charge is 0.370 e. The molecule has 6 nitrogen and oxygen atoms in total. The number of nitrogens with zero attached hydrogens (tertiary/aromatic N) is 3. The van der Waals surface area contributed by atoms with Crippen molar-refractivity contribution in [3.63, 3.8) is 0 Å². The Bertz CT molecular complexity index is 583. The number of piperazine rings is 1. The van der Waals surface area contributed by atoms with Gasteiger partial charge in [0.1, 0.15) is 6.54 Å². The molecule has 8 heteroatoms. The Morgan fingerprint density at radius 3 is 2.42 bits per heavy atom. The number of carbonyl (C=O) groups excluding carboxylic acids is 1. The first-order chi connectivity index (χ1) is 11.1. The Labute approximate surface area is 164 Å². The van der Waals surface area contributed by atoms with Crippen molar-refractivity contribution < 1.29 is 4.79 Å². The van der Waals surface area contributed by atoms with Crippen LogP contribution in [0.15, 0.2) is 29.3 Å². The number of hydrogen-bond donors (Lipinski definition) is 2. The molecule has 2 fully saturated rings. The molecule has 1 saturated heterocycles. The first-order valence-electron chi connectivity index (χ1n) is 7.96. The van der Waals surface area contributed by atoms with Crippen LogP contribution in [0, 0.1) is 0 Å². The van der Waals surface area contributed by atoms with Gasteiger partial charge in [0.2, 0.25) is 5.91 Å². The highest BCUT2D eigenvalue weighted by Gasteiger charge is 2.23. The first-order valence-corrected chi connectivity index (χ1v) is 8.34. The number of guanidine groups is 1. The van der Waals surface area contributed by atoms with Gasteiger partial charge in [-0.25, -0.2) is 4.99 Å². The molecule has 1 aromatic rings. The molecule has 3 N–H and O–H groups in total. The number of anilines is 1. The Morgan fingerprint density at radius 1 is 1.21 bits per heavy atom. The third kappa shape index (κ3) is 5.41. The summed E-state index contributed by atoms with van der Waals surface area (Å²) in [6, 6.07) is 8.21. The van der Waals surface area contributed by atoms with Crippen molar-refractivity contribution >= 4 is 53.1 Å². The van der Waals surface area contributed by atoms with Gasteiger partial charge >= 0.3 is 0 Å². The maximum absolute atomic E-state index is 11.6. The van der Waals surface area contributed by atoms with Crippen LogP contribution in [-0.2, 0) is 4.79 Å². The van der Waals surface area contributed by atoms with E-state index in [0.29, 0.717) is 12.0 Å². The zero-order valence-corrected chi connectivity index (χ0v) is 16.5. The van der Waals surface area contributed by atoms with Gasteiger partial charge in [0, 0.05) is 42.9 Å². The smallest absolute Gasteiger partial charge is 0.242 e. The number of rotatable bonds is 4. The van der Waals surface area contributed by atoms with Gasteiger partial charge in [-0.1, -0.05) is 11.6 Å². The van der Waals surface area contributed by atoms with Crippen LogP contribution in [0.4, 0.5) is 5.69 Å². The van der Waals surface area contributed by atoms with Crippen molar-refractivity contribution in [2.24, 2.45) is 10.7 Å². The van der Waals surface area contributed by atoms with Crippen molar-refractivity contribution in [2.75, 3.05) is 37.6 Å². The van der Waals surface area contributed by atoms with Crippen molar-refractivity contribution in [2.45, 2.75) is 18.9 Å². The summed E-state index contributed by atoms with van der Waals surface area (Å²) in [5.74, 6) is 0.405. The molecular formula is C16H23ClIN5O. The van der Waals surface area contributed by atoms with Crippen LogP contribution in [0.1, 0.15) is 12.8 Å². The summed E-state index contributed by atoms with van der Waals surface area (Å²) in [5.41, 5.74) is 7.17. The third-order valence-electron chi connectivity index (χ3n) is 4.12. The summed E-state index contributed by atoms with van der Waals surface area (Å²) in [4.78, 5) is 20.2. The molecule has 1 aromatic carbocycles. The number of hydrogen-bond acceptors (Lipinski definition) is 3. The highest BCUT2D eigenvalue weighted by atomic mass is 127. The van der Waals surface area contributed by atoms with Gasteiger partial charge < -0.3 is 20.9 Å². The average molecular weight is 464 g/mol. The molecule has 1 amide bonds. The van der Waals surface area contributed by atoms with E-state index in [4.69, 9.17) is 17.3 Å². The summed E-state index contributed by atoms with van der Waals surface area (Å²) in [6.45, 7) is 3.43. The summed E-state index contributed by atoms with van der Waals surface area (Å²) >= 11 is 5.92. The molecule has 0 unspecified atom stereocenters. The van der Waals surface area contributed by atoms with Crippen molar-refractivity contribution in [1.29, 1.82) is 0 Å². The fourth-order valence-electron chi connectivity index (χ4n) is 2.60. The molecule has 132 valence electrons. The number of carbonyl (C=O) groups is 1. The van der Waals surface area contributed by atoms with Gasteiger partial charge in [-0.3, -0.25) is 4.79 Å². The SMILES string of the molecule is I.NC(=NCC(=O)NC1CC1)N1CCN(c2ccc(Cl)cc2)CC1. The molecule has 24 heavy (non-hydrogen) atoms. The maximum atomic E-state index is 11.6. The third-order valence-corrected chi connectivity index (χ3v) is 4.37. The molecule has 0 bridgehead atoms. The van der Waals surface area contributed by atoms with Gasteiger partial charge in [-0.15, -0.1) is 24.0 Å². The van der Waals surface area contributed by atoms with Gasteiger partial charge in [-0.05, 0) is 37.1 Å². The predicted molar refractivity (Wildman–Crippen MR) is 108 cm³/mol. The first kappa shape index (κ1) is 19.1. The number of nitrogens with one attached hydrogen (secondary N) is 1. The zero-order valence-electron chi connectivity index (χ0n) is 13.4. The number of aliphatic imine (C=N–C) groups is 1. The fraction of sp³-hybridized carbons (Fsp3) is 0.500. The van der Waals surface area contributed by atoms with Gasteiger partial charge in [-0.2, -0.15) is 0 Å². The molecule has 0 spiro atoms. The molecule has 0 aromatic heterocycles. The van der Waals surface area contributed by atoms with Crippen LogP contribution in [-0.4, -0.2) is 55.5 Å². The lowest BCUT2D eigenvalue weighted by Gasteiger charge is -2.36. The van der Waals surface area contributed by atoms with E-state index in [-0.39, 0.29) is 36.4 Å². The van der Waals surface area contributed by atoms with E-state index >= 15 is 0 Å². The minimum atomic E-state index is -0.0461. The fourth-order valence-corrected chi connectivity index (χ4v) is 2.73. The van der Waals surface area contributed by atoms with Gasteiger partial charge in [0.15, 0.2) is 5.96 Å². The van der Waals surface area contributed by atoms with Crippen molar-refractivity contribution in [1.82, 2.24) is 10.2 Å². The average Bonchev–Trinajstić information content (AvgIpc) is 3.37. The second-order valence-electron chi connectivity index (χ2n) is 5.97. The van der Waals surface area contributed by atoms with E-state index < -0.39 is 0 Å². The highest BCUT2D eigenvalue weighted by Crippen LogP contribution is 2.19. The van der Waals surface area contributed by atoms with Gasteiger partial charge in [0.05, 0.1) is 0 Å². The lowest BCUT2D eigenvalue weighted by molar-refractivity contribution is -0.119.